The monoisotopic (exact) mass is 273 g/mol. The van der Waals surface area contributed by atoms with Gasteiger partial charge in [-0.25, -0.2) is 13.1 Å². The summed E-state index contributed by atoms with van der Waals surface area (Å²) in [4.78, 5) is 10.9. The van der Waals surface area contributed by atoms with E-state index in [1.165, 1.54) is 12.1 Å². The normalized spacial score (nSPS) is 12.9. The zero-order valence-corrected chi connectivity index (χ0v) is 10.6. The van der Waals surface area contributed by atoms with Gasteiger partial charge >= 0.3 is 0 Å². The van der Waals surface area contributed by atoms with Crippen LogP contribution in [0.2, 0.25) is 0 Å². The SMILES string of the molecule is CC(CC(N)=O)NS(=O)(=O)c1ccc(C#N)s1. The number of primary amides is 1. The number of nitrogens with two attached hydrogens (primary N) is 1. The Morgan fingerprint density at radius 3 is 2.76 bits per heavy atom. The lowest BCUT2D eigenvalue weighted by Crippen LogP contribution is -2.35. The van der Waals surface area contributed by atoms with Gasteiger partial charge in [0.05, 0.1) is 0 Å². The summed E-state index contributed by atoms with van der Waals surface area (Å²) in [7, 11) is -3.68. The molecule has 1 aromatic heterocycles. The fraction of sp³-hybridized carbons (Fsp3) is 0.333. The summed E-state index contributed by atoms with van der Waals surface area (Å²) in [6.07, 6.45) is -0.0737. The quantitative estimate of drug-likeness (QED) is 0.795. The van der Waals surface area contributed by atoms with E-state index >= 15 is 0 Å². The van der Waals surface area contributed by atoms with Crippen LogP contribution in [0.15, 0.2) is 16.3 Å². The first kappa shape index (κ1) is 13.6. The first-order valence-electron chi connectivity index (χ1n) is 4.65. The van der Waals surface area contributed by atoms with Gasteiger partial charge in [0.1, 0.15) is 15.2 Å². The maximum Gasteiger partial charge on any atom is 0.250 e. The highest BCUT2D eigenvalue weighted by Gasteiger charge is 2.20. The highest BCUT2D eigenvalue weighted by Crippen LogP contribution is 2.20. The Hall–Kier alpha value is -1.43. The van der Waals surface area contributed by atoms with Gasteiger partial charge in [0.15, 0.2) is 0 Å². The lowest BCUT2D eigenvalue weighted by atomic mass is 10.2. The predicted octanol–water partition coefficient (Wildman–Crippen LogP) is 0.162. The van der Waals surface area contributed by atoms with Crippen molar-refractivity contribution in [3.63, 3.8) is 0 Å². The Labute approximate surface area is 103 Å². The Bertz CT molecular complexity index is 556. The molecule has 3 N–H and O–H groups in total. The number of rotatable bonds is 5. The van der Waals surface area contributed by atoms with Crippen molar-refractivity contribution in [2.75, 3.05) is 0 Å². The molecule has 0 aliphatic carbocycles. The topological polar surface area (TPSA) is 113 Å². The second-order valence-corrected chi connectivity index (χ2v) is 6.45. The Morgan fingerprint density at radius 2 is 2.29 bits per heavy atom. The van der Waals surface area contributed by atoms with Crippen LogP contribution in [0.3, 0.4) is 0 Å². The van der Waals surface area contributed by atoms with Gasteiger partial charge in [0, 0.05) is 12.5 Å². The van der Waals surface area contributed by atoms with E-state index in [9.17, 15) is 13.2 Å². The van der Waals surface area contributed by atoms with E-state index < -0.39 is 22.0 Å². The molecule has 0 aliphatic heterocycles. The molecule has 8 heteroatoms. The number of nitrogens with zero attached hydrogens (tertiary/aromatic N) is 1. The average molecular weight is 273 g/mol. The fourth-order valence-corrected chi connectivity index (χ4v) is 3.55. The molecular weight excluding hydrogens is 262 g/mol. The van der Waals surface area contributed by atoms with Crippen molar-refractivity contribution in [1.29, 1.82) is 5.26 Å². The number of nitriles is 1. The first-order valence-corrected chi connectivity index (χ1v) is 6.95. The van der Waals surface area contributed by atoms with Crippen molar-refractivity contribution in [2.45, 2.75) is 23.6 Å². The minimum atomic E-state index is -3.68. The fourth-order valence-electron chi connectivity index (χ4n) is 1.19. The van der Waals surface area contributed by atoms with Gasteiger partial charge in [-0.1, -0.05) is 0 Å². The molecule has 0 aliphatic rings. The molecule has 1 unspecified atom stereocenters. The number of thiophene rings is 1. The van der Waals surface area contributed by atoms with Crippen LogP contribution in [0, 0.1) is 11.3 Å². The second kappa shape index (κ2) is 5.27. The summed E-state index contributed by atoms with van der Waals surface area (Å²) < 4.78 is 25.9. The molecule has 0 radical (unpaired) electrons. The predicted molar refractivity (Wildman–Crippen MR) is 62.6 cm³/mol. The highest BCUT2D eigenvalue weighted by atomic mass is 32.2. The highest BCUT2D eigenvalue weighted by molar-refractivity contribution is 7.91. The van der Waals surface area contributed by atoms with Gasteiger partial charge in [0.25, 0.3) is 0 Å². The average Bonchev–Trinajstić information content (AvgIpc) is 2.63. The molecule has 0 spiro atoms. The molecule has 6 nitrogen and oxygen atoms in total. The van der Waals surface area contributed by atoms with Gasteiger partial charge in [-0.05, 0) is 19.1 Å². The minimum absolute atomic E-state index is 0.0466. The summed E-state index contributed by atoms with van der Waals surface area (Å²) in [5.41, 5.74) is 4.96. The maximum absolute atomic E-state index is 11.8. The van der Waals surface area contributed by atoms with Gasteiger partial charge in [0.2, 0.25) is 15.9 Å². The van der Waals surface area contributed by atoms with E-state index in [0.29, 0.717) is 4.88 Å². The van der Waals surface area contributed by atoms with Crippen molar-refractivity contribution in [3.05, 3.63) is 17.0 Å². The summed E-state index contributed by atoms with van der Waals surface area (Å²) in [6.45, 7) is 1.54. The minimum Gasteiger partial charge on any atom is -0.370 e. The second-order valence-electron chi connectivity index (χ2n) is 3.42. The van der Waals surface area contributed by atoms with Crippen molar-refractivity contribution in [1.82, 2.24) is 4.72 Å². The molecule has 0 fully saturated rings. The number of nitrogens with one attached hydrogen (secondary N) is 1. The molecule has 1 rings (SSSR count). The Kier molecular flexibility index (Phi) is 4.22. The molecule has 92 valence electrons. The summed E-state index contributed by atoms with van der Waals surface area (Å²) in [5.74, 6) is -0.580. The molecular formula is C9H11N3O3S2. The molecule has 0 aromatic carbocycles. The van der Waals surface area contributed by atoms with Crippen molar-refractivity contribution in [2.24, 2.45) is 5.73 Å². The van der Waals surface area contributed by atoms with Gasteiger partial charge in [-0.2, -0.15) is 5.26 Å². The third-order valence-corrected chi connectivity index (χ3v) is 4.89. The lowest BCUT2D eigenvalue weighted by Gasteiger charge is -2.10. The molecule has 0 bridgehead atoms. The van der Waals surface area contributed by atoms with Crippen molar-refractivity contribution >= 4 is 27.3 Å². The molecule has 1 atom stereocenters. The number of carbonyl (C=O) groups is 1. The number of hydrogen-bond donors (Lipinski definition) is 2. The van der Waals surface area contributed by atoms with E-state index in [2.05, 4.69) is 4.72 Å². The zero-order valence-electron chi connectivity index (χ0n) is 9.00. The third kappa shape index (κ3) is 3.81. The van der Waals surface area contributed by atoms with Crippen molar-refractivity contribution < 1.29 is 13.2 Å². The van der Waals surface area contributed by atoms with Gasteiger partial charge in [-0.3, -0.25) is 4.79 Å². The van der Waals surface area contributed by atoms with Crippen LogP contribution in [-0.4, -0.2) is 20.4 Å². The third-order valence-electron chi connectivity index (χ3n) is 1.82. The lowest BCUT2D eigenvalue weighted by molar-refractivity contribution is -0.118. The van der Waals surface area contributed by atoms with E-state index in [-0.39, 0.29) is 10.6 Å². The van der Waals surface area contributed by atoms with E-state index in [1.807, 2.05) is 6.07 Å². The molecule has 1 heterocycles. The van der Waals surface area contributed by atoms with Crippen LogP contribution in [0.5, 0.6) is 0 Å². The standard InChI is InChI=1S/C9H11N3O3S2/c1-6(4-8(11)13)12-17(14,15)9-3-2-7(5-10)16-9/h2-3,6,12H,4H2,1H3,(H2,11,13). The largest absolute Gasteiger partial charge is 0.370 e. The molecule has 17 heavy (non-hydrogen) atoms. The van der Waals surface area contributed by atoms with Crippen LogP contribution < -0.4 is 10.5 Å². The van der Waals surface area contributed by atoms with Crippen LogP contribution in [0.4, 0.5) is 0 Å². The van der Waals surface area contributed by atoms with Crippen LogP contribution in [0.25, 0.3) is 0 Å². The van der Waals surface area contributed by atoms with Gasteiger partial charge in [-0.15, -0.1) is 11.3 Å². The number of carbonyl (C=O) groups excluding carboxylic acids is 1. The van der Waals surface area contributed by atoms with E-state index in [0.717, 1.165) is 11.3 Å². The summed E-state index contributed by atoms with van der Waals surface area (Å²) in [6, 6.07) is 4.06. The smallest absolute Gasteiger partial charge is 0.250 e. The Balaban J connectivity index is 2.82. The van der Waals surface area contributed by atoms with Crippen LogP contribution in [-0.2, 0) is 14.8 Å². The molecule has 0 saturated heterocycles. The number of amides is 1. The summed E-state index contributed by atoms with van der Waals surface area (Å²) >= 11 is 0.873. The Morgan fingerprint density at radius 1 is 1.65 bits per heavy atom. The molecule has 1 amide bonds. The van der Waals surface area contributed by atoms with Crippen LogP contribution >= 0.6 is 11.3 Å². The van der Waals surface area contributed by atoms with E-state index in [1.54, 1.807) is 6.92 Å². The maximum atomic E-state index is 11.8. The van der Waals surface area contributed by atoms with Gasteiger partial charge < -0.3 is 5.73 Å². The zero-order chi connectivity index (χ0) is 13.1. The van der Waals surface area contributed by atoms with E-state index in [4.69, 9.17) is 11.0 Å². The molecule has 0 saturated carbocycles. The van der Waals surface area contributed by atoms with Crippen molar-refractivity contribution in [3.8, 4) is 6.07 Å². The molecule has 1 aromatic rings. The summed E-state index contributed by atoms with van der Waals surface area (Å²) in [5, 5.41) is 8.60. The van der Waals surface area contributed by atoms with Crippen LogP contribution in [0.1, 0.15) is 18.2 Å². The first-order chi connectivity index (χ1) is 7.85. The number of hydrogen-bond acceptors (Lipinski definition) is 5. The number of sulfonamides is 1.